The lowest BCUT2D eigenvalue weighted by Crippen LogP contribution is -1.87. The molecule has 0 amide bonds. The molecule has 0 aliphatic carbocycles. The highest BCUT2D eigenvalue weighted by atomic mass is 35.5. The van der Waals surface area contributed by atoms with Gasteiger partial charge < -0.3 is 0 Å². The molecule has 0 unspecified atom stereocenters. The molecule has 0 radical (unpaired) electrons. The van der Waals surface area contributed by atoms with Gasteiger partial charge in [-0.05, 0) is 17.7 Å². The summed E-state index contributed by atoms with van der Waals surface area (Å²) in [7, 11) is 0. The van der Waals surface area contributed by atoms with Crippen molar-refractivity contribution in [2.24, 2.45) is 0 Å². The molecule has 19 heavy (non-hydrogen) atoms. The van der Waals surface area contributed by atoms with E-state index in [0.717, 1.165) is 5.56 Å². The van der Waals surface area contributed by atoms with Crippen LogP contribution in [0.3, 0.4) is 0 Å². The minimum Gasteiger partial charge on any atom is -0.192 e. The monoisotopic (exact) mass is 307 g/mol. The Morgan fingerprint density at radius 2 is 1.68 bits per heavy atom. The Morgan fingerprint density at radius 3 is 2.26 bits per heavy atom. The van der Waals surface area contributed by atoms with Crippen LogP contribution in [0.2, 0.25) is 10.0 Å². The fourth-order valence-corrected chi connectivity index (χ4v) is 2.51. The van der Waals surface area contributed by atoms with Crippen LogP contribution < -0.4 is 0 Å². The zero-order chi connectivity index (χ0) is 13.8. The van der Waals surface area contributed by atoms with E-state index in [9.17, 15) is 5.26 Å². The SMILES string of the molecule is N#CC(=C(Cl)c1ccc(Cl)cc1Cl)c1ccccc1. The number of nitriles is 1. The fourth-order valence-electron chi connectivity index (χ4n) is 1.65. The second-order valence-electron chi connectivity index (χ2n) is 3.79. The molecule has 0 saturated carbocycles. The summed E-state index contributed by atoms with van der Waals surface area (Å²) in [5.41, 5.74) is 1.72. The molecule has 0 aliphatic heterocycles. The second-order valence-corrected chi connectivity index (χ2v) is 5.01. The molecule has 0 bridgehead atoms. The van der Waals surface area contributed by atoms with Crippen LogP contribution in [-0.2, 0) is 0 Å². The lowest BCUT2D eigenvalue weighted by Gasteiger charge is -2.07. The van der Waals surface area contributed by atoms with Gasteiger partial charge in [0.25, 0.3) is 0 Å². The van der Waals surface area contributed by atoms with E-state index >= 15 is 0 Å². The lowest BCUT2D eigenvalue weighted by atomic mass is 10.0. The van der Waals surface area contributed by atoms with Gasteiger partial charge in [0.1, 0.15) is 6.07 Å². The average Bonchev–Trinajstić information content (AvgIpc) is 2.40. The van der Waals surface area contributed by atoms with Crippen molar-refractivity contribution in [1.82, 2.24) is 0 Å². The Hall–Kier alpha value is -1.46. The van der Waals surface area contributed by atoms with Crippen molar-refractivity contribution in [3.63, 3.8) is 0 Å². The highest BCUT2D eigenvalue weighted by Crippen LogP contribution is 2.34. The molecule has 94 valence electrons. The third-order valence-corrected chi connectivity index (χ3v) is 3.50. The summed E-state index contributed by atoms with van der Waals surface area (Å²) < 4.78 is 0. The van der Waals surface area contributed by atoms with Crippen LogP contribution in [-0.4, -0.2) is 0 Å². The third-order valence-electron chi connectivity index (χ3n) is 2.56. The molecule has 0 heterocycles. The van der Waals surface area contributed by atoms with E-state index < -0.39 is 0 Å². The van der Waals surface area contributed by atoms with Gasteiger partial charge in [0.15, 0.2) is 0 Å². The minimum atomic E-state index is 0.315. The van der Waals surface area contributed by atoms with Gasteiger partial charge in [0, 0.05) is 10.6 Å². The number of nitrogens with zero attached hydrogens (tertiary/aromatic N) is 1. The van der Waals surface area contributed by atoms with Gasteiger partial charge in [-0.25, -0.2) is 0 Å². The van der Waals surface area contributed by atoms with Gasteiger partial charge in [0.05, 0.1) is 15.6 Å². The second kappa shape index (κ2) is 6.12. The number of hydrogen-bond acceptors (Lipinski definition) is 1. The van der Waals surface area contributed by atoms with Crippen LogP contribution in [0.5, 0.6) is 0 Å². The van der Waals surface area contributed by atoms with Crippen LogP contribution in [0.15, 0.2) is 48.5 Å². The molecule has 0 fully saturated rings. The number of allylic oxidation sites excluding steroid dienone is 1. The fraction of sp³-hybridized carbons (Fsp3) is 0. The first-order valence-electron chi connectivity index (χ1n) is 5.44. The summed E-state index contributed by atoms with van der Waals surface area (Å²) in [6.07, 6.45) is 0. The van der Waals surface area contributed by atoms with Crippen LogP contribution in [0.1, 0.15) is 11.1 Å². The van der Waals surface area contributed by atoms with Crippen LogP contribution in [0.4, 0.5) is 0 Å². The molecule has 0 N–H and O–H groups in total. The van der Waals surface area contributed by atoms with Crippen LogP contribution >= 0.6 is 34.8 Å². The molecular weight excluding hydrogens is 301 g/mol. The van der Waals surface area contributed by atoms with E-state index in [0.29, 0.717) is 26.2 Å². The Morgan fingerprint density at radius 1 is 1.00 bits per heavy atom. The summed E-state index contributed by atoms with van der Waals surface area (Å²) in [4.78, 5) is 0. The first-order chi connectivity index (χ1) is 9.13. The van der Waals surface area contributed by atoms with Gasteiger partial charge in [-0.15, -0.1) is 0 Å². The van der Waals surface area contributed by atoms with Crippen molar-refractivity contribution in [3.05, 3.63) is 69.7 Å². The van der Waals surface area contributed by atoms with E-state index in [2.05, 4.69) is 6.07 Å². The normalized spacial score (nSPS) is 11.7. The third kappa shape index (κ3) is 3.11. The lowest BCUT2D eigenvalue weighted by molar-refractivity contribution is 1.52. The molecule has 2 rings (SSSR count). The van der Waals surface area contributed by atoms with Crippen LogP contribution in [0.25, 0.3) is 10.6 Å². The summed E-state index contributed by atoms with van der Waals surface area (Å²) in [6.45, 7) is 0. The largest absolute Gasteiger partial charge is 0.192 e. The highest BCUT2D eigenvalue weighted by Gasteiger charge is 2.12. The van der Waals surface area contributed by atoms with Gasteiger partial charge in [-0.3, -0.25) is 0 Å². The van der Waals surface area contributed by atoms with E-state index in [1.54, 1.807) is 18.2 Å². The number of rotatable bonds is 2. The van der Waals surface area contributed by atoms with Crippen molar-refractivity contribution in [2.75, 3.05) is 0 Å². The van der Waals surface area contributed by atoms with Crippen molar-refractivity contribution >= 4 is 45.4 Å². The minimum absolute atomic E-state index is 0.315. The van der Waals surface area contributed by atoms with E-state index in [1.165, 1.54) is 0 Å². The molecule has 0 aromatic heterocycles. The smallest absolute Gasteiger partial charge is 0.101 e. The number of benzene rings is 2. The van der Waals surface area contributed by atoms with Gasteiger partial charge in [-0.2, -0.15) is 5.26 Å². The maximum atomic E-state index is 9.30. The summed E-state index contributed by atoms with van der Waals surface area (Å²) >= 11 is 18.2. The molecule has 0 aliphatic rings. The number of hydrogen-bond donors (Lipinski definition) is 0. The van der Waals surface area contributed by atoms with Crippen molar-refractivity contribution < 1.29 is 0 Å². The van der Waals surface area contributed by atoms with Crippen molar-refractivity contribution in [2.45, 2.75) is 0 Å². The topological polar surface area (TPSA) is 23.8 Å². The first-order valence-corrected chi connectivity index (χ1v) is 6.57. The van der Waals surface area contributed by atoms with Crippen molar-refractivity contribution in [3.8, 4) is 6.07 Å². The van der Waals surface area contributed by atoms with Gasteiger partial charge in [0.2, 0.25) is 0 Å². The van der Waals surface area contributed by atoms with Gasteiger partial charge in [-0.1, -0.05) is 71.2 Å². The Bertz CT molecular complexity index is 670. The quantitative estimate of drug-likeness (QED) is 0.521. The Labute approximate surface area is 126 Å². The van der Waals surface area contributed by atoms with Gasteiger partial charge >= 0.3 is 0 Å². The molecule has 0 atom stereocenters. The summed E-state index contributed by atoms with van der Waals surface area (Å²) in [5, 5.41) is 10.6. The molecule has 2 aromatic carbocycles. The maximum Gasteiger partial charge on any atom is 0.101 e. The Kier molecular flexibility index (Phi) is 4.50. The molecule has 4 heteroatoms. The van der Waals surface area contributed by atoms with E-state index in [-0.39, 0.29) is 0 Å². The van der Waals surface area contributed by atoms with Crippen molar-refractivity contribution in [1.29, 1.82) is 5.26 Å². The summed E-state index contributed by atoms with van der Waals surface area (Å²) in [6, 6.07) is 16.3. The zero-order valence-corrected chi connectivity index (χ0v) is 12.0. The number of halogens is 3. The molecule has 0 saturated heterocycles. The Balaban J connectivity index is 2.59. The van der Waals surface area contributed by atoms with E-state index in [1.807, 2.05) is 30.3 Å². The molecule has 2 aromatic rings. The standard InChI is InChI=1S/C15H8Cl3N/c16-11-6-7-12(14(17)8-11)15(18)13(9-19)10-4-2-1-3-5-10/h1-8H. The van der Waals surface area contributed by atoms with E-state index in [4.69, 9.17) is 34.8 Å². The molecule has 1 nitrogen and oxygen atoms in total. The molecule has 0 spiro atoms. The molecular formula is C15H8Cl3N. The summed E-state index contributed by atoms with van der Waals surface area (Å²) in [5.74, 6) is 0. The first kappa shape index (κ1) is 14.0. The predicted octanol–water partition coefficient (Wildman–Crippen LogP) is 5.62. The maximum absolute atomic E-state index is 9.30. The zero-order valence-electron chi connectivity index (χ0n) is 9.70. The highest BCUT2D eigenvalue weighted by molar-refractivity contribution is 6.55. The average molecular weight is 309 g/mol. The predicted molar refractivity (Wildman–Crippen MR) is 81.2 cm³/mol. The van der Waals surface area contributed by atoms with Crippen LogP contribution in [0, 0.1) is 11.3 Å².